The number of aryl methyl sites for hydroxylation is 1. The van der Waals surface area contributed by atoms with Gasteiger partial charge in [-0.1, -0.05) is 45.0 Å². The van der Waals surface area contributed by atoms with E-state index in [-0.39, 0.29) is 29.3 Å². The minimum atomic E-state index is -0.410. The molecular weight excluding hydrogens is 408 g/mol. The number of nitrogens with zero attached hydrogens (tertiary/aromatic N) is 2. The molecule has 2 heterocycles. The third-order valence-corrected chi connectivity index (χ3v) is 6.99. The Bertz CT molecular complexity index is 916. The smallest absolute Gasteiger partial charge is 0.243 e. The van der Waals surface area contributed by atoms with Crippen molar-refractivity contribution in [1.29, 1.82) is 0 Å². The van der Waals surface area contributed by atoms with Gasteiger partial charge >= 0.3 is 0 Å². The molecule has 1 aliphatic heterocycles. The maximum Gasteiger partial charge on any atom is 0.243 e. The summed E-state index contributed by atoms with van der Waals surface area (Å²) in [5, 5.41) is 6.26. The summed E-state index contributed by atoms with van der Waals surface area (Å²) in [6.07, 6.45) is 1.55. The molecule has 1 saturated heterocycles. The molecule has 0 saturated carbocycles. The molecule has 168 valence electrons. The van der Waals surface area contributed by atoms with Gasteiger partial charge in [0.1, 0.15) is 6.04 Å². The first kappa shape index (κ1) is 23.4. The van der Waals surface area contributed by atoms with E-state index in [4.69, 9.17) is 0 Å². The SMILES string of the molecule is CN[C@@H](C(=O)N1CCC[C@H]1C(=O)N[C@@H](C)c1ccc(-c2scnc2C)cc1)C(C)(C)C. The largest absolute Gasteiger partial charge is 0.348 e. The van der Waals surface area contributed by atoms with Gasteiger partial charge in [0.2, 0.25) is 11.8 Å². The number of carbonyl (C=O) groups is 2. The average Bonchev–Trinajstić information content (AvgIpc) is 3.36. The molecule has 31 heavy (non-hydrogen) atoms. The third-order valence-electron chi connectivity index (χ3n) is 6.02. The topological polar surface area (TPSA) is 74.3 Å². The highest BCUT2D eigenvalue weighted by molar-refractivity contribution is 7.13. The van der Waals surface area contributed by atoms with Crippen molar-refractivity contribution in [3.8, 4) is 10.4 Å². The Balaban J connectivity index is 1.67. The highest BCUT2D eigenvalue weighted by atomic mass is 32.1. The number of hydrogen-bond acceptors (Lipinski definition) is 5. The molecule has 1 fully saturated rings. The minimum Gasteiger partial charge on any atom is -0.348 e. The molecule has 3 rings (SSSR count). The van der Waals surface area contributed by atoms with Crippen molar-refractivity contribution < 1.29 is 9.59 Å². The van der Waals surface area contributed by atoms with E-state index in [1.165, 1.54) is 4.88 Å². The predicted octanol–water partition coefficient (Wildman–Crippen LogP) is 3.92. The van der Waals surface area contributed by atoms with E-state index < -0.39 is 6.04 Å². The number of aromatic nitrogens is 1. The van der Waals surface area contributed by atoms with Crippen molar-refractivity contribution in [3.63, 3.8) is 0 Å². The summed E-state index contributed by atoms with van der Waals surface area (Å²) in [4.78, 5) is 33.5. The van der Waals surface area contributed by atoms with E-state index in [9.17, 15) is 9.59 Å². The fraction of sp³-hybridized carbons (Fsp3) is 0.542. The summed E-state index contributed by atoms with van der Waals surface area (Å²) < 4.78 is 0. The second-order valence-electron chi connectivity index (χ2n) is 9.40. The van der Waals surface area contributed by atoms with Gasteiger partial charge in [0.15, 0.2) is 0 Å². The Morgan fingerprint density at radius 3 is 2.45 bits per heavy atom. The number of likely N-dealkylation sites (N-methyl/N-ethyl adjacent to an activating group) is 1. The lowest BCUT2D eigenvalue weighted by atomic mass is 9.86. The van der Waals surface area contributed by atoms with Crippen LogP contribution < -0.4 is 10.6 Å². The summed E-state index contributed by atoms with van der Waals surface area (Å²) in [5.41, 5.74) is 4.84. The highest BCUT2D eigenvalue weighted by Crippen LogP contribution is 2.29. The van der Waals surface area contributed by atoms with Crippen molar-refractivity contribution in [2.24, 2.45) is 5.41 Å². The van der Waals surface area contributed by atoms with Gasteiger partial charge in [-0.15, -0.1) is 11.3 Å². The molecule has 7 heteroatoms. The number of likely N-dealkylation sites (tertiary alicyclic amines) is 1. The van der Waals surface area contributed by atoms with Crippen LogP contribution in [0.1, 0.15) is 57.8 Å². The van der Waals surface area contributed by atoms with Gasteiger partial charge in [-0.2, -0.15) is 0 Å². The Morgan fingerprint density at radius 2 is 1.90 bits per heavy atom. The lowest BCUT2D eigenvalue weighted by Crippen LogP contribution is -2.55. The van der Waals surface area contributed by atoms with Gasteiger partial charge in [-0.05, 0) is 50.3 Å². The summed E-state index contributed by atoms with van der Waals surface area (Å²) in [6, 6.07) is 7.38. The van der Waals surface area contributed by atoms with Crippen LogP contribution >= 0.6 is 11.3 Å². The summed E-state index contributed by atoms with van der Waals surface area (Å²) >= 11 is 1.63. The maximum absolute atomic E-state index is 13.2. The summed E-state index contributed by atoms with van der Waals surface area (Å²) in [5.74, 6) is -0.0749. The van der Waals surface area contributed by atoms with Crippen LogP contribution in [0.5, 0.6) is 0 Å². The quantitative estimate of drug-likeness (QED) is 0.711. The molecule has 0 spiro atoms. The van der Waals surface area contributed by atoms with Crippen LogP contribution in [0.2, 0.25) is 0 Å². The Hall–Kier alpha value is -2.25. The van der Waals surface area contributed by atoms with Crippen molar-refractivity contribution in [3.05, 3.63) is 41.0 Å². The zero-order chi connectivity index (χ0) is 22.8. The van der Waals surface area contributed by atoms with Gasteiger partial charge in [0.05, 0.1) is 28.2 Å². The van der Waals surface area contributed by atoms with E-state index in [0.29, 0.717) is 13.0 Å². The van der Waals surface area contributed by atoms with E-state index in [1.54, 1.807) is 23.3 Å². The molecule has 2 aromatic rings. The first-order valence-corrected chi connectivity index (χ1v) is 11.8. The predicted molar refractivity (Wildman–Crippen MR) is 126 cm³/mol. The van der Waals surface area contributed by atoms with Gasteiger partial charge in [-0.3, -0.25) is 9.59 Å². The summed E-state index contributed by atoms with van der Waals surface area (Å²) in [7, 11) is 1.80. The van der Waals surface area contributed by atoms with E-state index in [2.05, 4.69) is 27.8 Å². The fourth-order valence-corrected chi connectivity index (χ4v) is 5.10. The van der Waals surface area contributed by atoms with Crippen molar-refractivity contribution in [2.75, 3.05) is 13.6 Å². The van der Waals surface area contributed by atoms with Crippen LogP contribution in [0.25, 0.3) is 10.4 Å². The normalized spacial score (nSPS) is 18.6. The number of hydrogen-bond donors (Lipinski definition) is 2. The van der Waals surface area contributed by atoms with Crippen LogP contribution in [0.4, 0.5) is 0 Å². The Labute approximate surface area is 189 Å². The van der Waals surface area contributed by atoms with Crippen LogP contribution in [0.3, 0.4) is 0 Å². The van der Waals surface area contributed by atoms with Gasteiger partial charge in [0.25, 0.3) is 0 Å². The molecule has 1 aliphatic rings. The molecular formula is C24H34N4O2S. The van der Waals surface area contributed by atoms with Crippen LogP contribution in [0, 0.1) is 12.3 Å². The maximum atomic E-state index is 13.2. The van der Waals surface area contributed by atoms with Gasteiger partial charge in [-0.25, -0.2) is 4.98 Å². The number of amides is 2. The fourth-order valence-electron chi connectivity index (χ4n) is 4.29. The first-order valence-electron chi connectivity index (χ1n) is 10.9. The van der Waals surface area contributed by atoms with Crippen molar-refractivity contribution in [1.82, 2.24) is 20.5 Å². The molecule has 0 radical (unpaired) electrons. The molecule has 0 unspecified atom stereocenters. The number of thiazole rings is 1. The molecule has 0 bridgehead atoms. The zero-order valence-corrected chi connectivity index (χ0v) is 20.2. The molecule has 1 aromatic heterocycles. The number of carbonyl (C=O) groups excluding carboxylic acids is 2. The molecule has 1 aromatic carbocycles. The second-order valence-corrected chi connectivity index (χ2v) is 10.3. The first-order chi connectivity index (χ1) is 14.6. The number of benzene rings is 1. The van der Waals surface area contributed by atoms with E-state index in [0.717, 1.165) is 23.2 Å². The number of nitrogens with one attached hydrogen (secondary N) is 2. The van der Waals surface area contributed by atoms with Crippen LogP contribution in [-0.4, -0.2) is 47.4 Å². The summed E-state index contributed by atoms with van der Waals surface area (Å²) in [6.45, 7) is 10.7. The van der Waals surface area contributed by atoms with Crippen molar-refractivity contribution >= 4 is 23.2 Å². The third kappa shape index (κ3) is 5.15. The molecule has 0 aliphatic carbocycles. The average molecular weight is 443 g/mol. The minimum absolute atomic E-state index is 0.00424. The lowest BCUT2D eigenvalue weighted by molar-refractivity contribution is -0.142. The van der Waals surface area contributed by atoms with Gasteiger partial charge in [0, 0.05) is 6.54 Å². The highest BCUT2D eigenvalue weighted by Gasteiger charge is 2.40. The Kier molecular flexibility index (Phi) is 7.17. The molecule has 2 amide bonds. The van der Waals surface area contributed by atoms with Crippen LogP contribution in [0.15, 0.2) is 29.8 Å². The molecule has 2 N–H and O–H groups in total. The lowest BCUT2D eigenvalue weighted by Gasteiger charge is -2.35. The molecule has 6 nitrogen and oxygen atoms in total. The van der Waals surface area contributed by atoms with Gasteiger partial charge < -0.3 is 15.5 Å². The van der Waals surface area contributed by atoms with Crippen LogP contribution in [-0.2, 0) is 9.59 Å². The number of rotatable bonds is 6. The van der Waals surface area contributed by atoms with E-state index >= 15 is 0 Å². The van der Waals surface area contributed by atoms with E-state index in [1.807, 2.05) is 52.3 Å². The standard InChI is InChI=1S/C24H34N4O2S/c1-15(17-9-11-18(12-10-17)20-16(2)26-14-31-20)27-22(29)19-8-7-13-28(19)23(30)21(25-6)24(3,4)5/h9-12,14-15,19,21,25H,7-8,13H2,1-6H3,(H,27,29)/t15-,19-,21-/m0/s1. The second kappa shape index (κ2) is 9.49. The Morgan fingerprint density at radius 1 is 1.23 bits per heavy atom. The molecule has 3 atom stereocenters. The monoisotopic (exact) mass is 442 g/mol. The zero-order valence-electron chi connectivity index (χ0n) is 19.4. The van der Waals surface area contributed by atoms with Crippen molar-refractivity contribution in [2.45, 2.75) is 65.6 Å².